The number of nitrogens with zero attached hydrogens (tertiary/aromatic N) is 2. The molecule has 0 aliphatic carbocycles. The summed E-state index contributed by atoms with van der Waals surface area (Å²) in [6.45, 7) is 25.4. The van der Waals surface area contributed by atoms with E-state index in [9.17, 15) is 9.90 Å². The summed E-state index contributed by atoms with van der Waals surface area (Å²) in [6.07, 6.45) is -0.778. The number of rotatable bonds is 12. The van der Waals surface area contributed by atoms with Gasteiger partial charge in [0.1, 0.15) is 16.5 Å². The molecule has 0 aliphatic heterocycles. The fourth-order valence-electron chi connectivity index (χ4n) is 2.47. The standard InChI is InChI=1S/C16H42N4O2Si3/c1-23(2,3)17-10-12-19(13-11-18-24(4,5)6)14-15-20(16(21)22)25(7,8)9/h17-18H,10-15H2,1-9H3,(H,21,22). The Hall–Kier alpha value is -0.199. The maximum Gasteiger partial charge on any atom is 0.399 e. The van der Waals surface area contributed by atoms with E-state index in [0.29, 0.717) is 6.54 Å². The average molecular weight is 407 g/mol. The van der Waals surface area contributed by atoms with Crippen LogP contribution >= 0.6 is 0 Å². The van der Waals surface area contributed by atoms with Crippen LogP contribution in [-0.4, -0.2) is 84.6 Å². The number of carboxylic acid groups (broad SMARTS) is 1. The van der Waals surface area contributed by atoms with E-state index in [4.69, 9.17) is 0 Å². The highest BCUT2D eigenvalue weighted by Gasteiger charge is 2.28. The van der Waals surface area contributed by atoms with E-state index < -0.39 is 30.8 Å². The predicted octanol–water partition coefficient (Wildman–Crippen LogP) is 2.95. The van der Waals surface area contributed by atoms with Gasteiger partial charge in [0.2, 0.25) is 0 Å². The Morgan fingerprint density at radius 1 is 0.760 bits per heavy atom. The van der Waals surface area contributed by atoms with Crippen molar-refractivity contribution in [3.63, 3.8) is 0 Å². The van der Waals surface area contributed by atoms with E-state index >= 15 is 0 Å². The summed E-state index contributed by atoms with van der Waals surface area (Å²) >= 11 is 0. The van der Waals surface area contributed by atoms with E-state index in [1.165, 1.54) is 0 Å². The van der Waals surface area contributed by atoms with Gasteiger partial charge in [-0.05, 0) is 0 Å². The molecule has 0 fully saturated rings. The van der Waals surface area contributed by atoms with Crippen molar-refractivity contribution < 1.29 is 9.90 Å². The summed E-state index contributed by atoms with van der Waals surface area (Å²) in [5, 5.41) is 9.52. The smallest absolute Gasteiger partial charge is 0.399 e. The van der Waals surface area contributed by atoms with Gasteiger partial charge in [0.15, 0.2) is 8.24 Å². The van der Waals surface area contributed by atoms with Crippen LogP contribution in [0.5, 0.6) is 0 Å². The third kappa shape index (κ3) is 13.6. The topological polar surface area (TPSA) is 67.8 Å². The van der Waals surface area contributed by atoms with E-state index in [1.807, 2.05) is 0 Å². The molecule has 0 unspecified atom stereocenters. The number of nitrogens with one attached hydrogen (secondary N) is 2. The Balaban J connectivity index is 4.67. The van der Waals surface area contributed by atoms with Crippen molar-refractivity contribution in [1.29, 1.82) is 0 Å². The van der Waals surface area contributed by atoms with E-state index in [-0.39, 0.29) is 0 Å². The Morgan fingerprint density at radius 2 is 1.16 bits per heavy atom. The van der Waals surface area contributed by atoms with Crippen LogP contribution in [0.4, 0.5) is 4.79 Å². The molecule has 0 aromatic heterocycles. The number of hydrogen-bond acceptors (Lipinski definition) is 4. The van der Waals surface area contributed by atoms with Crippen LogP contribution in [0, 0.1) is 0 Å². The molecular formula is C16H42N4O2Si3. The maximum atomic E-state index is 11.6. The van der Waals surface area contributed by atoms with Crippen molar-refractivity contribution in [1.82, 2.24) is 19.4 Å². The molecule has 0 heterocycles. The average Bonchev–Trinajstić information content (AvgIpc) is 2.32. The molecule has 25 heavy (non-hydrogen) atoms. The van der Waals surface area contributed by atoms with Gasteiger partial charge >= 0.3 is 6.09 Å². The predicted molar refractivity (Wildman–Crippen MR) is 117 cm³/mol. The van der Waals surface area contributed by atoms with Gasteiger partial charge in [0.25, 0.3) is 0 Å². The molecule has 150 valence electrons. The Bertz CT molecular complexity index is 384. The molecule has 6 nitrogen and oxygen atoms in total. The highest BCUT2D eigenvalue weighted by molar-refractivity contribution is 6.75. The quantitative estimate of drug-likeness (QED) is 0.435. The summed E-state index contributed by atoms with van der Waals surface area (Å²) < 4.78 is 1.68. The largest absolute Gasteiger partial charge is 0.465 e. The summed E-state index contributed by atoms with van der Waals surface area (Å²) in [5.41, 5.74) is 0. The first-order chi connectivity index (χ1) is 11.1. The second-order valence-corrected chi connectivity index (χ2v) is 24.4. The summed E-state index contributed by atoms with van der Waals surface area (Å²) in [6, 6.07) is 0. The summed E-state index contributed by atoms with van der Waals surface area (Å²) in [7, 11) is -4.37. The van der Waals surface area contributed by atoms with Crippen LogP contribution in [0.3, 0.4) is 0 Å². The third-order valence-corrected chi connectivity index (χ3v) is 8.50. The molecular weight excluding hydrogens is 364 g/mol. The molecule has 9 heteroatoms. The van der Waals surface area contributed by atoms with Crippen LogP contribution < -0.4 is 9.96 Å². The van der Waals surface area contributed by atoms with E-state index in [1.54, 1.807) is 4.57 Å². The number of amides is 1. The summed E-state index contributed by atoms with van der Waals surface area (Å²) in [5.74, 6) is 0. The first-order valence-electron chi connectivity index (χ1n) is 9.35. The fraction of sp³-hybridized carbons (Fsp3) is 0.938. The first-order valence-corrected chi connectivity index (χ1v) is 19.8. The fourth-order valence-corrected chi connectivity index (χ4v) is 5.54. The zero-order valence-corrected chi connectivity index (χ0v) is 21.0. The molecule has 0 radical (unpaired) electrons. The first kappa shape index (κ1) is 24.8. The Labute approximate surface area is 158 Å². The number of hydrogen-bond donors (Lipinski definition) is 3. The van der Waals surface area contributed by atoms with Crippen molar-refractivity contribution >= 4 is 30.8 Å². The van der Waals surface area contributed by atoms with Gasteiger partial charge in [0.05, 0.1) is 0 Å². The Morgan fingerprint density at radius 3 is 1.44 bits per heavy atom. The zero-order valence-electron chi connectivity index (χ0n) is 18.0. The van der Waals surface area contributed by atoms with Gasteiger partial charge in [-0.3, -0.25) is 4.90 Å². The molecule has 0 aromatic carbocycles. The SMILES string of the molecule is C[Si](C)(C)NCCN(CCN[Si](C)(C)C)CCN(C(=O)O)[Si](C)(C)C. The lowest BCUT2D eigenvalue weighted by atomic mass is 10.4. The van der Waals surface area contributed by atoms with Crippen molar-refractivity contribution in [2.75, 3.05) is 39.3 Å². The van der Waals surface area contributed by atoms with Gasteiger partial charge in [-0.15, -0.1) is 0 Å². The van der Waals surface area contributed by atoms with Crippen molar-refractivity contribution in [2.24, 2.45) is 0 Å². The van der Waals surface area contributed by atoms with Crippen LogP contribution in [0.15, 0.2) is 0 Å². The van der Waals surface area contributed by atoms with Gasteiger partial charge in [-0.25, -0.2) is 4.79 Å². The van der Waals surface area contributed by atoms with Gasteiger partial charge in [-0.1, -0.05) is 58.9 Å². The Kier molecular flexibility index (Phi) is 10.1. The minimum Gasteiger partial charge on any atom is -0.465 e. The lowest BCUT2D eigenvalue weighted by Gasteiger charge is -2.34. The van der Waals surface area contributed by atoms with Crippen LogP contribution in [0.25, 0.3) is 0 Å². The molecule has 0 saturated heterocycles. The second kappa shape index (κ2) is 10.2. The monoisotopic (exact) mass is 406 g/mol. The minimum atomic E-state index is -1.85. The molecule has 1 amide bonds. The molecule has 0 rings (SSSR count). The zero-order chi connectivity index (χ0) is 19.9. The molecule has 0 spiro atoms. The summed E-state index contributed by atoms with van der Waals surface area (Å²) in [4.78, 5) is 21.3. The van der Waals surface area contributed by atoms with Crippen molar-refractivity contribution in [2.45, 2.75) is 58.9 Å². The van der Waals surface area contributed by atoms with Crippen LogP contribution in [-0.2, 0) is 0 Å². The van der Waals surface area contributed by atoms with Gasteiger partial charge in [0, 0.05) is 39.3 Å². The highest BCUT2D eigenvalue weighted by atomic mass is 28.3. The van der Waals surface area contributed by atoms with Crippen molar-refractivity contribution in [3.05, 3.63) is 0 Å². The van der Waals surface area contributed by atoms with E-state index in [0.717, 1.165) is 32.7 Å². The molecule has 3 N–H and O–H groups in total. The molecule has 0 aliphatic rings. The van der Waals surface area contributed by atoms with Crippen LogP contribution in [0.2, 0.25) is 58.9 Å². The molecule has 0 aromatic rings. The van der Waals surface area contributed by atoms with Gasteiger partial charge < -0.3 is 19.6 Å². The maximum absolute atomic E-state index is 11.6. The lowest BCUT2D eigenvalue weighted by Crippen LogP contribution is -2.53. The number of carbonyl (C=O) groups is 1. The lowest BCUT2D eigenvalue weighted by molar-refractivity contribution is 0.163. The van der Waals surface area contributed by atoms with Crippen LogP contribution in [0.1, 0.15) is 0 Å². The molecule has 0 atom stereocenters. The van der Waals surface area contributed by atoms with Crippen molar-refractivity contribution in [3.8, 4) is 0 Å². The minimum absolute atomic E-state index is 0.602. The second-order valence-electron chi connectivity index (χ2n) is 9.80. The molecule has 0 saturated carbocycles. The van der Waals surface area contributed by atoms with E-state index in [2.05, 4.69) is 73.8 Å². The van der Waals surface area contributed by atoms with Gasteiger partial charge in [-0.2, -0.15) is 0 Å². The highest BCUT2D eigenvalue weighted by Crippen LogP contribution is 2.09. The third-order valence-electron chi connectivity index (χ3n) is 3.85. The normalized spacial score (nSPS) is 13.4. The molecule has 0 bridgehead atoms.